The van der Waals surface area contributed by atoms with Crippen molar-refractivity contribution in [2.75, 3.05) is 0 Å². The summed E-state index contributed by atoms with van der Waals surface area (Å²) < 4.78 is 11.7. The van der Waals surface area contributed by atoms with Gasteiger partial charge in [0.25, 0.3) is 0 Å². The van der Waals surface area contributed by atoms with Crippen molar-refractivity contribution in [3.63, 3.8) is 0 Å². The Morgan fingerprint density at radius 2 is 1.75 bits per heavy atom. The number of fused-ring (bicyclic) bond motifs is 9. The highest BCUT2D eigenvalue weighted by Crippen LogP contribution is 2.67. The van der Waals surface area contributed by atoms with E-state index < -0.39 is 0 Å². The predicted molar refractivity (Wildman–Crippen MR) is 90.9 cm³/mol. The summed E-state index contributed by atoms with van der Waals surface area (Å²) in [6, 6.07) is 0. The number of carbonyl (C=O) groups is 1. The zero-order chi connectivity index (χ0) is 16.3. The summed E-state index contributed by atoms with van der Waals surface area (Å²) in [5.74, 6) is 4.73. The Hall–Kier alpha value is -0.830. The van der Waals surface area contributed by atoms with E-state index in [2.05, 4.69) is 12.2 Å². The highest BCUT2D eigenvalue weighted by Gasteiger charge is 2.62. The topological polar surface area (TPSA) is 35.5 Å². The third-order valence-corrected chi connectivity index (χ3v) is 7.79. The second-order valence-electron chi connectivity index (χ2n) is 9.01. The van der Waals surface area contributed by atoms with Gasteiger partial charge in [-0.15, -0.1) is 0 Å². The van der Waals surface area contributed by atoms with Crippen LogP contribution < -0.4 is 0 Å². The number of esters is 1. The van der Waals surface area contributed by atoms with E-state index in [1.54, 1.807) is 0 Å². The number of allylic oxidation sites excluding steroid dienone is 2. The standard InChI is InChI=1S/C21H30O3/c1-12(23-16-5-3-2-4-6-16)24-21(22)18-11-15-10-17(18)20-14-8-7-13(9-14)19(15)20/h7-8,12-20H,2-6,9-11H2,1H3. The lowest BCUT2D eigenvalue weighted by molar-refractivity contribution is -0.194. The molecular weight excluding hydrogens is 300 g/mol. The van der Waals surface area contributed by atoms with Gasteiger partial charge in [-0.25, -0.2) is 0 Å². The van der Waals surface area contributed by atoms with Crippen LogP contribution >= 0.6 is 0 Å². The Labute approximate surface area is 145 Å². The van der Waals surface area contributed by atoms with E-state index >= 15 is 0 Å². The van der Waals surface area contributed by atoms with Crippen LogP contribution in [0.2, 0.25) is 0 Å². The van der Waals surface area contributed by atoms with Gasteiger partial charge < -0.3 is 9.47 Å². The van der Waals surface area contributed by atoms with Gasteiger partial charge in [-0.05, 0) is 74.5 Å². The summed E-state index contributed by atoms with van der Waals surface area (Å²) in [7, 11) is 0. The van der Waals surface area contributed by atoms with Crippen LogP contribution in [-0.2, 0) is 14.3 Å². The molecule has 0 aromatic rings. The van der Waals surface area contributed by atoms with E-state index in [0.29, 0.717) is 12.0 Å². The molecule has 0 aromatic heterocycles. The SMILES string of the molecule is CC(OC(=O)C1CC2CC1C1C3C=CC(C3)C21)OC1CCCCC1. The van der Waals surface area contributed by atoms with Crippen molar-refractivity contribution in [1.29, 1.82) is 0 Å². The molecule has 3 nitrogen and oxygen atoms in total. The van der Waals surface area contributed by atoms with Gasteiger partial charge in [-0.1, -0.05) is 31.4 Å². The van der Waals surface area contributed by atoms with Crippen molar-refractivity contribution in [3.8, 4) is 0 Å². The van der Waals surface area contributed by atoms with Crippen molar-refractivity contribution in [3.05, 3.63) is 12.2 Å². The first-order valence-electron chi connectivity index (χ1n) is 10.2. The first-order valence-corrected chi connectivity index (χ1v) is 10.2. The average Bonchev–Trinajstić information content (AvgIpc) is 3.34. The van der Waals surface area contributed by atoms with Crippen LogP contribution in [-0.4, -0.2) is 18.4 Å². The molecule has 0 heterocycles. The molecule has 0 saturated heterocycles. The van der Waals surface area contributed by atoms with E-state index in [1.807, 2.05) is 6.92 Å². The number of carbonyl (C=O) groups excluding carboxylic acids is 1. The fraction of sp³-hybridized carbons (Fsp3) is 0.857. The maximum Gasteiger partial charge on any atom is 0.311 e. The van der Waals surface area contributed by atoms with Crippen molar-refractivity contribution >= 4 is 5.97 Å². The lowest BCUT2D eigenvalue weighted by Crippen LogP contribution is -2.37. The molecule has 5 rings (SSSR count). The molecule has 24 heavy (non-hydrogen) atoms. The van der Waals surface area contributed by atoms with E-state index in [4.69, 9.17) is 9.47 Å². The van der Waals surface area contributed by atoms with Gasteiger partial charge in [0.1, 0.15) is 0 Å². The summed E-state index contributed by atoms with van der Waals surface area (Å²) in [6.45, 7) is 1.91. The van der Waals surface area contributed by atoms with E-state index in [9.17, 15) is 4.79 Å². The first kappa shape index (κ1) is 15.4. The summed E-state index contributed by atoms with van der Waals surface area (Å²) in [5.41, 5.74) is 0. The van der Waals surface area contributed by atoms with Crippen LogP contribution in [0.3, 0.4) is 0 Å². The molecule has 0 radical (unpaired) electrons. The van der Waals surface area contributed by atoms with Crippen LogP contribution in [0.5, 0.6) is 0 Å². The quantitative estimate of drug-likeness (QED) is 0.333. The predicted octanol–water partition coefficient (Wildman–Crippen LogP) is 4.32. The van der Waals surface area contributed by atoms with Crippen LogP contribution in [0, 0.1) is 41.4 Å². The molecular formula is C21H30O3. The normalized spacial score (nSPS) is 47.1. The van der Waals surface area contributed by atoms with E-state index in [1.165, 1.54) is 32.1 Å². The summed E-state index contributed by atoms with van der Waals surface area (Å²) >= 11 is 0. The molecule has 4 bridgehead atoms. The van der Waals surface area contributed by atoms with Crippen molar-refractivity contribution in [2.24, 2.45) is 41.4 Å². The third kappa shape index (κ3) is 2.38. The van der Waals surface area contributed by atoms with E-state index in [-0.39, 0.29) is 18.2 Å². The molecule has 5 aliphatic carbocycles. The van der Waals surface area contributed by atoms with Gasteiger partial charge >= 0.3 is 5.97 Å². The third-order valence-electron chi connectivity index (χ3n) is 7.79. The van der Waals surface area contributed by atoms with E-state index in [0.717, 1.165) is 48.9 Å². The highest BCUT2D eigenvalue weighted by atomic mass is 16.7. The number of rotatable bonds is 4. The molecule has 8 unspecified atom stereocenters. The van der Waals surface area contributed by atoms with Gasteiger partial charge in [0, 0.05) is 0 Å². The van der Waals surface area contributed by atoms with Crippen LogP contribution in [0.15, 0.2) is 12.2 Å². The Bertz CT molecular complexity index is 535. The molecule has 0 spiro atoms. The molecule has 0 N–H and O–H groups in total. The molecule has 132 valence electrons. The summed E-state index contributed by atoms with van der Waals surface area (Å²) in [5, 5.41) is 0. The van der Waals surface area contributed by atoms with Crippen LogP contribution in [0.25, 0.3) is 0 Å². The summed E-state index contributed by atoms with van der Waals surface area (Å²) in [4.78, 5) is 12.8. The summed E-state index contributed by atoms with van der Waals surface area (Å²) in [6.07, 6.45) is 14.5. The molecule has 4 saturated carbocycles. The Morgan fingerprint density at radius 1 is 1.00 bits per heavy atom. The minimum Gasteiger partial charge on any atom is -0.436 e. The Morgan fingerprint density at radius 3 is 2.54 bits per heavy atom. The second-order valence-corrected chi connectivity index (χ2v) is 9.01. The molecule has 5 aliphatic rings. The monoisotopic (exact) mass is 330 g/mol. The molecule has 8 atom stereocenters. The van der Waals surface area contributed by atoms with Crippen LogP contribution in [0.4, 0.5) is 0 Å². The smallest absolute Gasteiger partial charge is 0.311 e. The maximum absolute atomic E-state index is 12.8. The average molecular weight is 330 g/mol. The zero-order valence-electron chi connectivity index (χ0n) is 14.7. The van der Waals surface area contributed by atoms with Crippen LogP contribution in [0.1, 0.15) is 58.3 Å². The molecule has 4 fully saturated rings. The van der Waals surface area contributed by atoms with Crippen molar-refractivity contribution in [1.82, 2.24) is 0 Å². The second kappa shape index (κ2) is 5.86. The van der Waals surface area contributed by atoms with Gasteiger partial charge in [0.05, 0.1) is 12.0 Å². The Kier molecular flexibility index (Phi) is 3.77. The largest absolute Gasteiger partial charge is 0.436 e. The minimum absolute atomic E-state index is 0.0241. The minimum atomic E-state index is -0.379. The molecule has 0 aliphatic heterocycles. The lowest BCUT2D eigenvalue weighted by atomic mass is 9.69. The number of ether oxygens (including phenoxy) is 2. The van der Waals surface area contributed by atoms with Gasteiger partial charge in [-0.3, -0.25) is 4.79 Å². The zero-order valence-corrected chi connectivity index (χ0v) is 14.7. The fourth-order valence-electron chi connectivity index (χ4n) is 7.04. The number of hydrogen-bond acceptors (Lipinski definition) is 3. The molecule has 0 amide bonds. The number of hydrogen-bond donors (Lipinski definition) is 0. The van der Waals surface area contributed by atoms with Crippen molar-refractivity contribution in [2.45, 2.75) is 70.7 Å². The molecule has 3 heteroatoms. The molecule has 0 aromatic carbocycles. The highest BCUT2D eigenvalue weighted by molar-refractivity contribution is 5.73. The van der Waals surface area contributed by atoms with Gasteiger partial charge in [0.15, 0.2) is 6.29 Å². The van der Waals surface area contributed by atoms with Gasteiger partial charge in [-0.2, -0.15) is 0 Å². The maximum atomic E-state index is 12.8. The van der Waals surface area contributed by atoms with Crippen molar-refractivity contribution < 1.29 is 14.3 Å². The lowest BCUT2D eigenvalue weighted by Gasteiger charge is -2.36. The van der Waals surface area contributed by atoms with Gasteiger partial charge in [0.2, 0.25) is 0 Å². The first-order chi connectivity index (χ1) is 11.7. The fourth-order valence-corrected chi connectivity index (χ4v) is 7.04. The Balaban J connectivity index is 1.19.